The summed E-state index contributed by atoms with van der Waals surface area (Å²) in [5, 5.41) is 0.908. The van der Waals surface area contributed by atoms with E-state index in [1.807, 2.05) is 10.8 Å². The molecular weight excluding hydrogens is 339 g/mol. The Balaban J connectivity index is 1.88. The maximum atomic E-state index is 12.1. The Labute approximate surface area is 141 Å². The summed E-state index contributed by atoms with van der Waals surface area (Å²) in [6.07, 6.45) is 7.01. The molecule has 0 aliphatic carbocycles. The third-order valence-corrected chi connectivity index (χ3v) is 4.14. The Morgan fingerprint density at radius 3 is 2.65 bits per heavy atom. The van der Waals surface area contributed by atoms with Crippen LogP contribution >= 0.6 is 23.2 Å². The summed E-state index contributed by atoms with van der Waals surface area (Å²) in [4.78, 5) is 30.4. The highest BCUT2D eigenvalue weighted by Gasteiger charge is 2.11. The van der Waals surface area contributed by atoms with Gasteiger partial charge in [-0.1, -0.05) is 23.2 Å². The van der Waals surface area contributed by atoms with Crippen molar-refractivity contribution in [1.82, 2.24) is 19.1 Å². The molecule has 1 N–H and O–H groups in total. The van der Waals surface area contributed by atoms with Crippen LogP contribution in [0.4, 0.5) is 0 Å². The number of unbranched alkanes of at least 4 members (excludes halogenated alkanes) is 1. The van der Waals surface area contributed by atoms with E-state index in [1.54, 1.807) is 18.6 Å². The summed E-state index contributed by atoms with van der Waals surface area (Å²) < 4.78 is 3.48. The van der Waals surface area contributed by atoms with Gasteiger partial charge in [-0.05, 0) is 25.0 Å². The molecule has 0 fully saturated rings. The van der Waals surface area contributed by atoms with E-state index in [0.717, 1.165) is 19.4 Å². The van der Waals surface area contributed by atoms with Crippen molar-refractivity contribution < 1.29 is 0 Å². The Hall–Kier alpha value is -2.05. The number of aryl methyl sites for hydroxylation is 2. The Bertz CT molecular complexity index is 945. The van der Waals surface area contributed by atoms with Crippen molar-refractivity contribution in [2.75, 3.05) is 0 Å². The number of hydrogen-bond acceptors (Lipinski definition) is 3. The van der Waals surface area contributed by atoms with Gasteiger partial charge in [0.15, 0.2) is 0 Å². The SMILES string of the molecule is O=c1[nH]c(=O)n(CCCCn2ccnc2)c2cc(Cl)cc(Cl)c12. The second-order valence-corrected chi connectivity index (χ2v) is 6.04. The molecule has 3 aromatic rings. The van der Waals surface area contributed by atoms with Crippen molar-refractivity contribution >= 4 is 34.1 Å². The van der Waals surface area contributed by atoms with Gasteiger partial charge in [-0.3, -0.25) is 14.3 Å². The smallest absolute Gasteiger partial charge is 0.328 e. The molecule has 2 heterocycles. The molecule has 0 unspecified atom stereocenters. The second-order valence-electron chi connectivity index (χ2n) is 5.20. The highest BCUT2D eigenvalue weighted by molar-refractivity contribution is 6.38. The van der Waals surface area contributed by atoms with Crippen molar-refractivity contribution in [3.05, 3.63) is 61.7 Å². The predicted octanol–water partition coefficient (Wildman–Crippen LogP) is 2.67. The van der Waals surface area contributed by atoms with Gasteiger partial charge < -0.3 is 4.57 Å². The number of halogens is 2. The number of H-pyrrole nitrogens is 1. The van der Waals surface area contributed by atoms with Crippen LogP contribution < -0.4 is 11.2 Å². The summed E-state index contributed by atoms with van der Waals surface area (Å²) in [6.45, 7) is 1.29. The molecule has 6 nitrogen and oxygen atoms in total. The number of nitrogens with one attached hydrogen (secondary N) is 1. The number of benzene rings is 1. The van der Waals surface area contributed by atoms with E-state index in [-0.39, 0.29) is 10.4 Å². The van der Waals surface area contributed by atoms with Crippen molar-refractivity contribution in [2.24, 2.45) is 0 Å². The number of nitrogens with zero attached hydrogens (tertiary/aromatic N) is 3. The van der Waals surface area contributed by atoms with Gasteiger partial charge >= 0.3 is 5.69 Å². The molecule has 0 aliphatic rings. The van der Waals surface area contributed by atoms with Gasteiger partial charge in [0, 0.05) is 30.5 Å². The van der Waals surface area contributed by atoms with Gasteiger partial charge in [0.25, 0.3) is 5.56 Å². The van der Waals surface area contributed by atoms with Gasteiger partial charge in [0.1, 0.15) is 0 Å². The summed E-state index contributed by atoms with van der Waals surface area (Å²) in [6, 6.07) is 3.09. The Morgan fingerprint density at radius 2 is 1.91 bits per heavy atom. The molecule has 0 bridgehead atoms. The molecule has 0 saturated carbocycles. The van der Waals surface area contributed by atoms with Crippen molar-refractivity contribution in [3.63, 3.8) is 0 Å². The number of rotatable bonds is 5. The second kappa shape index (κ2) is 6.60. The van der Waals surface area contributed by atoms with Gasteiger partial charge in [-0.2, -0.15) is 0 Å². The molecule has 0 atom stereocenters. The molecule has 0 aliphatic heterocycles. The molecule has 0 radical (unpaired) electrons. The van der Waals surface area contributed by atoms with E-state index < -0.39 is 11.2 Å². The number of aromatic nitrogens is 4. The van der Waals surface area contributed by atoms with Crippen LogP contribution in [0.2, 0.25) is 10.0 Å². The van der Waals surface area contributed by atoms with Gasteiger partial charge in [0.2, 0.25) is 0 Å². The van der Waals surface area contributed by atoms with E-state index in [9.17, 15) is 9.59 Å². The van der Waals surface area contributed by atoms with Crippen molar-refractivity contribution in [1.29, 1.82) is 0 Å². The first-order valence-electron chi connectivity index (χ1n) is 7.14. The topological polar surface area (TPSA) is 72.7 Å². The molecule has 2 aromatic heterocycles. The molecule has 3 rings (SSSR count). The standard InChI is InChI=1S/C15H14Cl2N4O2/c16-10-7-11(17)13-12(8-10)21(15(23)19-14(13)22)5-2-1-4-20-6-3-18-9-20/h3,6-9H,1-2,4-5H2,(H,19,22,23). The van der Waals surface area contributed by atoms with E-state index in [4.69, 9.17) is 23.2 Å². The normalized spacial score (nSPS) is 11.2. The van der Waals surface area contributed by atoms with Crippen LogP contribution in [0.5, 0.6) is 0 Å². The van der Waals surface area contributed by atoms with Crippen LogP contribution in [0.3, 0.4) is 0 Å². The molecule has 0 amide bonds. The third-order valence-electron chi connectivity index (χ3n) is 3.62. The van der Waals surface area contributed by atoms with E-state index in [1.165, 1.54) is 10.6 Å². The van der Waals surface area contributed by atoms with Crippen molar-refractivity contribution in [2.45, 2.75) is 25.9 Å². The average Bonchev–Trinajstić information content (AvgIpc) is 2.98. The molecule has 1 aromatic carbocycles. The molecule has 23 heavy (non-hydrogen) atoms. The zero-order chi connectivity index (χ0) is 16.4. The summed E-state index contributed by atoms with van der Waals surface area (Å²) in [5.41, 5.74) is -0.497. The van der Waals surface area contributed by atoms with Crippen LogP contribution in [-0.4, -0.2) is 19.1 Å². The van der Waals surface area contributed by atoms with Gasteiger partial charge in [-0.15, -0.1) is 0 Å². The summed E-state index contributed by atoms with van der Waals surface area (Å²) in [7, 11) is 0. The monoisotopic (exact) mass is 352 g/mol. The maximum absolute atomic E-state index is 12.1. The fraction of sp³-hybridized carbons (Fsp3) is 0.267. The first-order valence-corrected chi connectivity index (χ1v) is 7.89. The van der Waals surface area contributed by atoms with E-state index in [0.29, 0.717) is 17.1 Å². The lowest BCUT2D eigenvalue weighted by Crippen LogP contribution is -2.30. The van der Waals surface area contributed by atoms with Crippen LogP contribution in [0, 0.1) is 0 Å². The molecular formula is C15H14Cl2N4O2. The fourth-order valence-electron chi connectivity index (χ4n) is 2.54. The van der Waals surface area contributed by atoms with E-state index in [2.05, 4.69) is 9.97 Å². The number of aromatic amines is 1. The molecule has 0 spiro atoms. The largest absolute Gasteiger partial charge is 0.337 e. The molecule has 0 saturated heterocycles. The quantitative estimate of drug-likeness (QED) is 0.717. The Kier molecular flexibility index (Phi) is 4.54. The minimum absolute atomic E-state index is 0.237. The number of fused-ring (bicyclic) bond motifs is 1. The van der Waals surface area contributed by atoms with Gasteiger partial charge in [-0.25, -0.2) is 9.78 Å². The van der Waals surface area contributed by atoms with E-state index >= 15 is 0 Å². The van der Waals surface area contributed by atoms with Crippen molar-refractivity contribution in [3.8, 4) is 0 Å². The third kappa shape index (κ3) is 3.33. The first kappa shape index (κ1) is 15.8. The van der Waals surface area contributed by atoms with Crippen LogP contribution in [0.1, 0.15) is 12.8 Å². The fourth-order valence-corrected chi connectivity index (χ4v) is 3.11. The van der Waals surface area contributed by atoms with Crippen LogP contribution in [-0.2, 0) is 13.1 Å². The number of imidazole rings is 1. The lowest BCUT2D eigenvalue weighted by atomic mass is 10.2. The molecule has 120 valence electrons. The van der Waals surface area contributed by atoms with Crippen LogP contribution in [0.25, 0.3) is 10.9 Å². The van der Waals surface area contributed by atoms with Crippen LogP contribution in [0.15, 0.2) is 40.4 Å². The Morgan fingerprint density at radius 1 is 1.13 bits per heavy atom. The molecule has 8 heteroatoms. The van der Waals surface area contributed by atoms with Gasteiger partial charge in [0.05, 0.1) is 22.3 Å². The minimum Gasteiger partial charge on any atom is -0.337 e. The zero-order valence-corrected chi connectivity index (χ0v) is 13.6. The number of hydrogen-bond donors (Lipinski definition) is 1. The lowest BCUT2D eigenvalue weighted by Gasteiger charge is -2.11. The lowest BCUT2D eigenvalue weighted by molar-refractivity contribution is 0.547. The maximum Gasteiger partial charge on any atom is 0.328 e. The minimum atomic E-state index is -0.499. The highest BCUT2D eigenvalue weighted by atomic mass is 35.5. The predicted molar refractivity (Wildman–Crippen MR) is 90.3 cm³/mol. The average molecular weight is 353 g/mol. The zero-order valence-electron chi connectivity index (χ0n) is 12.1. The highest BCUT2D eigenvalue weighted by Crippen LogP contribution is 2.24. The summed E-state index contributed by atoms with van der Waals surface area (Å²) in [5.74, 6) is 0. The first-order chi connectivity index (χ1) is 11.1. The summed E-state index contributed by atoms with van der Waals surface area (Å²) >= 11 is 12.1.